The first-order valence-electron chi connectivity index (χ1n) is 10.4. The molecule has 9 nitrogen and oxygen atoms in total. The molecule has 2 aliphatic rings. The summed E-state index contributed by atoms with van der Waals surface area (Å²) < 4.78 is 35.3. The molecule has 0 radical (unpaired) electrons. The van der Waals surface area contributed by atoms with Gasteiger partial charge in [-0.25, -0.2) is 8.42 Å². The summed E-state index contributed by atoms with van der Waals surface area (Å²) in [6, 6.07) is 15.0. The molecule has 2 aromatic rings. The summed E-state index contributed by atoms with van der Waals surface area (Å²) in [4.78, 5) is 16.5. The number of ether oxygens (including phenoxy) is 2. The number of aliphatic imine (C=N–C) groups is 1. The number of sulfone groups is 1. The normalized spacial score (nSPS) is 17.9. The largest absolute Gasteiger partial charge is 0.490 e. The molecule has 0 aliphatic carbocycles. The number of carbonyl (C=O) groups is 1. The first-order valence-corrected chi connectivity index (χ1v) is 13.1. The van der Waals surface area contributed by atoms with Crippen molar-refractivity contribution >= 4 is 49.0 Å². The van der Waals surface area contributed by atoms with Crippen LogP contribution < -0.4 is 9.47 Å². The summed E-state index contributed by atoms with van der Waals surface area (Å²) in [5.74, 6) is 0.138. The first kappa shape index (κ1) is 23.7. The molecule has 4 rings (SSSR count). The Kier molecular flexibility index (Phi) is 6.58. The second-order valence-electron chi connectivity index (χ2n) is 7.47. The molecule has 0 saturated heterocycles. The number of rotatable bonds is 6. The van der Waals surface area contributed by atoms with Crippen LogP contribution in [0.5, 0.6) is 11.5 Å². The fourth-order valence-electron chi connectivity index (χ4n) is 3.25. The minimum atomic E-state index is -3.59. The van der Waals surface area contributed by atoms with Gasteiger partial charge in [0.1, 0.15) is 6.10 Å². The highest BCUT2D eigenvalue weighted by Crippen LogP contribution is 2.34. The number of fused-ring (bicyclic) bond motifs is 1. The van der Waals surface area contributed by atoms with Crippen LogP contribution in [0.2, 0.25) is 0 Å². The second-order valence-corrected chi connectivity index (χ2v) is 10.6. The Bertz CT molecular complexity index is 1350. The predicted molar refractivity (Wildman–Crippen MR) is 133 cm³/mol. The second kappa shape index (κ2) is 9.43. The Morgan fingerprint density at radius 1 is 1.18 bits per heavy atom. The van der Waals surface area contributed by atoms with Crippen LogP contribution in [-0.2, 0) is 14.6 Å². The van der Waals surface area contributed by atoms with Gasteiger partial charge >= 0.3 is 0 Å². The van der Waals surface area contributed by atoms with E-state index in [0.29, 0.717) is 23.7 Å². The molecule has 34 heavy (non-hydrogen) atoms. The molecule has 1 N–H and O–H groups in total. The molecule has 0 saturated carbocycles. The highest BCUT2D eigenvalue weighted by Gasteiger charge is 2.38. The van der Waals surface area contributed by atoms with E-state index >= 15 is 0 Å². The molecule has 0 bridgehead atoms. The summed E-state index contributed by atoms with van der Waals surface area (Å²) in [6.07, 6.45) is 2.30. The number of nitrogens with one attached hydrogen (secondary N) is 1. The van der Waals surface area contributed by atoms with Crippen LogP contribution in [0.3, 0.4) is 0 Å². The van der Waals surface area contributed by atoms with Crippen LogP contribution in [-0.4, -0.2) is 47.6 Å². The lowest BCUT2D eigenvalue weighted by Crippen LogP contribution is -2.35. The Labute approximate surface area is 201 Å². The summed E-state index contributed by atoms with van der Waals surface area (Å²) >= 11 is 0.745. The van der Waals surface area contributed by atoms with Crippen LogP contribution in [0.1, 0.15) is 31.1 Å². The molecule has 1 amide bonds. The highest BCUT2D eigenvalue weighted by atomic mass is 32.3. The molecule has 1 unspecified atom stereocenters. The number of benzene rings is 2. The first-order chi connectivity index (χ1) is 16.2. The quantitative estimate of drug-likeness (QED) is 0.601. The summed E-state index contributed by atoms with van der Waals surface area (Å²) in [5.41, 5.74) is 1.59. The van der Waals surface area contributed by atoms with Crippen molar-refractivity contribution in [3.05, 3.63) is 65.2 Å². The van der Waals surface area contributed by atoms with Crippen molar-refractivity contribution in [3.8, 4) is 11.5 Å². The predicted octanol–water partition coefficient (Wildman–Crippen LogP) is 3.85. The van der Waals surface area contributed by atoms with Crippen molar-refractivity contribution < 1.29 is 22.7 Å². The van der Waals surface area contributed by atoms with Gasteiger partial charge in [-0.05, 0) is 54.9 Å². The van der Waals surface area contributed by atoms with Crippen LogP contribution in [0.25, 0.3) is 6.08 Å². The van der Waals surface area contributed by atoms with Gasteiger partial charge in [0.15, 0.2) is 17.3 Å². The van der Waals surface area contributed by atoms with Gasteiger partial charge in [0, 0.05) is 6.26 Å². The molecule has 2 aliphatic heterocycles. The van der Waals surface area contributed by atoms with Crippen molar-refractivity contribution in [1.29, 1.82) is 5.41 Å². The minimum absolute atomic E-state index is 0.0170. The maximum Gasteiger partial charge on any atom is 0.283 e. The zero-order valence-electron chi connectivity index (χ0n) is 18.7. The summed E-state index contributed by atoms with van der Waals surface area (Å²) in [5, 5.41) is 13.4. The van der Waals surface area contributed by atoms with Gasteiger partial charge in [-0.1, -0.05) is 36.4 Å². The van der Waals surface area contributed by atoms with E-state index in [1.165, 1.54) is 6.08 Å². The molecule has 1 atom stereocenters. The molecule has 176 valence electrons. The third kappa shape index (κ3) is 4.90. The standard InChI is InChI=1S/C23H22N4O5S2/c1-4-31-19-13-15(10-11-18(19)32-14(2)16-8-6-5-7-9-16)12-17-20(24)27-22(25-21(17)28)33-23(26-27)34(3,29)30/h5-14,24H,4H2,1-3H3/b17-12+,24-20?. The van der Waals surface area contributed by atoms with Crippen LogP contribution in [0.15, 0.2) is 64.2 Å². The Hall–Kier alpha value is -3.44. The van der Waals surface area contributed by atoms with Crippen LogP contribution >= 0.6 is 11.8 Å². The Morgan fingerprint density at radius 2 is 1.91 bits per heavy atom. The van der Waals surface area contributed by atoms with Crippen molar-refractivity contribution in [1.82, 2.24) is 5.01 Å². The highest BCUT2D eigenvalue weighted by molar-refractivity contribution is 8.42. The lowest BCUT2D eigenvalue weighted by molar-refractivity contribution is -0.114. The summed E-state index contributed by atoms with van der Waals surface area (Å²) in [6.45, 7) is 4.21. The minimum Gasteiger partial charge on any atom is -0.490 e. The fourth-order valence-corrected chi connectivity index (χ4v) is 4.94. The lowest BCUT2D eigenvalue weighted by atomic mass is 10.1. The summed E-state index contributed by atoms with van der Waals surface area (Å²) in [7, 11) is -3.59. The smallest absolute Gasteiger partial charge is 0.283 e. The topological polar surface area (TPSA) is 121 Å². The molecule has 2 aromatic carbocycles. The van der Waals surface area contributed by atoms with Crippen molar-refractivity contribution in [2.45, 2.75) is 20.0 Å². The number of thioether (sulfide) groups is 1. The van der Waals surface area contributed by atoms with Crippen LogP contribution in [0.4, 0.5) is 0 Å². The molecule has 0 aromatic heterocycles. The number of hydrazone groups is 1. The lowest BCUT2D eigenvalue weighted by Gasteiger charge is -2.20. The molecular weight excluding hydrogens is 476 g/mol. The van der Waals surface area contributed by atoms with Crippen molar-refractivity contribution in [2.75, 3.05) is 12.9 Å². The zero-order chi connectivity index (χ0) is 24.5. The van der Waals surface area contributed by atoms with Crippen molar-refractivity contribution in [3.63, 3.8) is 0 Å². The molecular formula is C23H22N4O5S2. The van der Waals surface area contributed by atoms with Gasteiger partial charge < -0.3 is 9.47 Å². The van der Waals surface area contributed by atoms with E-state index in [-0.39, 0.29) is 27.1 Å². The van der Waals surface area contributed by atoms with Gasteiger partial charge in [0.05, 0.1) is 12.2 Å². The maximum atomic E-state index is 12.6. The van der Waals surface area contributed by atoms with Gasteiger partial charge in [-0.3, -0.25) is 10.2 Å². The fraction of sp³-hybridized carbons (Fsp3) is 0.217. The SMILES string of the molecule is CCOc1cc(/C=C2\C(=N)N3N=C(S(C)(=O)=O)SC3=NC2=O)ccc1OC(C)c1ccccc1. The van der Waals surface area contributed by atoms with Crippen LogP contribution in [0, 0.1) is 5.41 Å². The van der Waals surface area contributed by atoms with E-state index in [1.54, 1.807) is 18.2 Å². The monoisotopic (exact) mass is 498 g/mol. The third-order valence-electron chi connectivity index (χ3n) is 4.90. The van der Waals surface area contributed by atoms with E-state index in [0.717, 1.165) is 28.6 Å². The van der Waals surface area contributed by atoms with E-state index in [2.05, 4.69) is 10.1 Å². The van der Waals surface area contributed by atoms with Gasteiger partial charge in [0.25, 0.3) is 5.91 Å². The van der Waals surface area contributed by atoms with E-state index in [4.69, 9.17) is 14.9 Å². The average Bonchev–Trinajstić information content (AvgIpc) is 3.24. The number of amidine groups is 2. The number of carbonyl (C=O) groups excluding carboxylic acids is 1. The third-order valence-corrected chi connectivity index (χ3v) is 7.48. The van der Waals surface area contributed by atoms with E-state index < -0.39 is 15.7 Å². The number of hydrogen-bond acceptors (Lipinski definition) is 8. The molecule has 0 fully saturated rings. The van der Waals surface area contributed by atoms with E-state index in [1.807, 2.05) is 44.2 Å². The molecule has 0 spiro atoms. The maximum absolute atomic E-state index is 12.6. The number of nitrogens with zero attached hydrogens (tertiary/aromatic N) is 3. The van der Waals surface area contributed by atoms with E-state index in [9.17, 15) is 13.2 Å². The number of amides is 1. The molecule has 2 heterocycles. The molecule has 11 heteroatoms. The van der Waals surface area contributed by atoms with Gasteiger partial charge in [-0.15, -0.1) is 5.10 Å². The van der Waals surface area contributed by atoms with Crippen molar-refractivity contribution in [2.24, 2.45) is 10.1 Å². The van der Waals surface area contributed by atoms with Gasteiger partial charge in [0.2, 0.25) is 19.4 Å². The average molecular weight is 499 g/mol. The number of hydrogen-bond donors (Lipinski definition) is 1. The Morgan fingerprint density at radius 3 is 2.59 bits per heavy atom. The Balaban J connectivity index is 1.63. The van der Waals surface area contributed by atoms with Gasteiger partial charge in [-0.2, -0.15) is 10.0 Å². The zero-order valence-corrected chi connectivity index (χ0v) is 20.3.